The van der Waals surface area contributed by atoms with Crippen LogP contribution in [0.5, 0.6) is 0 Å². The van der Waals surface area contributed by atoms with E-state index in [0.717, 1.165) is 17.0 Å². The number of fused-ring (bicyclic) bond motifs is 1. The maximum atomic E-state index is 13.9. The number of thiophene rings is 1. The molecule has 5 rings (SSSR count). The van der Waals surface area contributed by atoms with Crippen molar-refractivity contribution < 1.29 is 18.1 Å². The highest BCUT2D eigenvalue weighted by molar-refractivity contribution is 7.13. The number of nitrogens with zero attached hydrogens (tertiary/aromatic N) is 6. The molecule has 1 amide bonds. The number of carbonyl (C=O) groups excluding carboxylic acids is 1. The van der Waals surface area contributed by atoms with Crippen LogP contribution in [0.15, 0.2) is 40.5 Å². The van der Waals surface area contributed by atoms with Gasteiger partial charge in [0.15, 0.2) is 11.6 Å². The Labute approximate surface area is 198 Å². The van der Waals surface area contributed by atoms with Gasteiger partial charge in [-0.1, -0.05) is 25.1 Å². The molecule has 0 spiro atoms. The highest BCUT2D eigenvalue weighted by Gasteiger charge is 2.32. The lowest BCUT2D eigenvalue weighted by atomic mass is 10.0. The molecule has 1 aliphatic heterocycles. The third-order valence-electron chi connectivity index (χ3n) is 6.05. The Morgan fingerprint density at radius 1 is 1.18 bits per heavy atom. The van der Waals surface area contributed by atoms with Gasteiger partial charge in [-0.15, -0.1) is 11.3 Å². The van der Waals surface area contributed by atoms with Crippen LogP contribution in [-0.2, 0) is 11.3 Å². The minimum atomic E-state index is -0.957. The average Bonchev–Trinajstić information content (AvgIpc) is 3.57. The summed E-state index contributed by atoms with van der Waals surface area (Å²) in [7, 11) is 0. The Morgan fingerprint density at radius 3 is 2.65 bits per heavy atom. The summed E-state index contributed by atoms with van der Waals surface area (Å²) in [6, 6.07) is 5.49. The van der Waals surface area contributed by atoms with E-state index in [0.29, 0.717) is 55.5 Å². The summed E-state index contributed by atoms with van der Waals surface area (Å²) in [5.41, 5.74) is 0.728. The van der Waals surface area contributed by atoms with Crippen molar-refractivity contribution in [2.75, 3.05) is 26.2 Å². The van der Waals surface area contributed by atoms with Gasteiger partial charge in [0.1, 0.15) is 6.04 Å². The number of amides is 1. The van der Waals surface area contributed by atoms with Crippen LogP contribution < -0.4 is 0 Å². The molecule has 0 saturated carbocycles. The highest BCUT2D eigenvalue weighted by atomic mass is 32.1. The first-order chi connectivity index (χ1) is 16.4. The van der Waals surface area contributed by atoms with Crippen molar-refractivity contribution in [3.63, 3.8) is 0 Å². The first kappa shape index (κ1) is 22.6. The first-order valence-electron chi connectivity index (χ1n) is 11.1. The molecule has 1 aliphatic rings. The standard InChI is InChI=1S/C23H24F2N6O2S/c1-14(2)21(31-13-26-17-10-15(24)16(25)11-18(17)31)23(32)30-7-5-29(6-8-30)12-20-27-22(28-33-20)19-4-3-9-34-19/h3-4,9-11,13-14,21H,5-8,12H2,1-2H3. The number of benzene rings is 1. The van der Waals surface area contributed by atoms with Crippen LogP contribution in [0.4, 0.5) is 8.78 Å². The van der Waals surface area contributed by atoms with Crippen molar-refractivity contribution >= 4 is 28.3 Å². The molecule has 0 aliphatic carbocycles. The molecule has 1 unspecified atom stereocenters. The molecule has 4 aromatic rings. The second-order valence-corrected chi connectivity index (χ2v) is 9.63. The molecule has 1 atom stereocenters. The van der Waals surface area contributed by atoms with E-state index in [1.54, 1.807) is 15.9 Å². The van der Waals surface area contributed by atoms with Crippen molar-refractivity contribution in [1.82, 2.24) is 29.5 Å². The summed E-state index contributed by atoms with van der Waals surface area (Å²) in [6.45, 7) is 6.81. The molecule has 1 saturated heterocycles. The van der Waals surface area contributed by atoms with Gasteiger partial charge in [-0.05, 0) is 17.4 Å². The largest absolute Gasteiger partial charge is 0.338 e. The van der Waals surface area contributed by atoms with Crippen molar-refractivity contribution in [3.05, 3.63) is 53.5 Å². The van der Waals surface area contributed by atoms with Crippen molar-refractivity contribution in [2.45, 2.75) is 26.4 Å². The fourth-order valence-electron chi connectivity index (χ4n) is 4.30. The molecular weight excluding hydrogens is 462 g/mol. The summed E-state index contributed by atoms with van der Waals surface area (Å²) in [5, 5.41) is 6.01. The summed E-state index contributed by atoms with van der Waals surface area (Å²) >= 11 is 1.56. The van der Waals surface area contributed by atoms with Gasteiger partial charge in [0.2, 0.25) is 17.6 Å². The van der Waals surface area contributed by atoms with Gasteiger partial charge >= 0.3 is 0 Å². The van der Waals surface area contributed by atoms with Gasteiger partial charge in [-0.3, -0.25) is 9.69 Å². The zero-order valence-electron chi connectivity index (χ0n) is 18.8. The highest BCUT2D eigenvalue weighted by Crippen LogP contribution is 2.28. The van der Waals surface area contributed by atoms with Crippen LogP contribution in [0.1, 0.15) is 25.8 Å². The van der Waals surface area contributed by atoms with E-state index >= 15 is 0 Å². The lowest BCUT2D eigenvalue weighted by Crippen LogP contribution is -2.50. The number of hydrogen-bond acceptors (Lipinski definition) is 7. The van der Waals surface area contributed by atoms with Gasteiger partial charge < -0.3 is 14.0 Å². The molecule has 0 bridgehead atoms. The van der Waals surface area contributed by atoms with Crippen molar-refractivity contribution in [2.24, 2.45) is 5.92 Å². The number of aromatic nitrogens is 4. The van der Waals surface area contributed by atoms with E-state index < -0.39 is 17.7 Å². The SMILES string of the molecule is CC(C)C(C(=O)N1CCN(Cc2nc(-c3cccs3)no2)CC1)n1cnc2cc(F)c(F)cc21. The zero-order valence-corrected chi connectivity index (χ0v) is 19.6. The maximum absolute atomic E-state index is 13.9. The summed E-state index contributed by atoms with van der Waals surface area (Å²) in [4.78, 5) is 27.1. The predicted octanol–water partition coefficient (Wildman–Crippen LogP) is 3.97. The Bertz CT molecular complexity index is 1290. The van der Waals surface area contributed by atoms with Crippen molar-refractivity contribution in [3.8, 4) is 10.7 Å². The smallest absolute Gasteiger partial charge is 0.246 e. The van der Waals surface area contributed by atoms with E-state index in [1.165, 1.54) is 6.33 Å². The number of carbonyl (C=O) groups is 1. The first-order valence-corrected chi connectivity index (χ1v) is 12.0. The Hall–Kier alpha value is -3.18. The van der Waals surface area contributed by atoms with Crippen LogP contribution in [0.3, 0.4) is 0 Å². The molecule has 0 radical (unpaired) electrons. The van der Waals surface area contributed by atoms with Crippen LogP contribution in [0, 0.1) is 17.6 Å². The molecule has 8 nitrogen and oxygen atoms in total. The predicted molar refractivity (Wildman–Crippen MR) is 123 cm³/mol. The van der Waals surface area contributed by atoms with Crippen LogP contribution >= 0.6 is 11.3 Å². The van der Waals surface area contributed by atoms with E-state index in [4.69, 9.17) is 4.52 Å². The Morgan fingerprint density at radius 2 is 1.94 bits per heavy atom. The minimum absolute atomic E-state index is 0.0588. The third-order valence-corrected chi connectivity index (χ3v) is 6.92. The fraction of sp³-hybridized carbons (Fsp3) is 0.391. The van der Waals surface area contributed by atoms with Crippen LogP contribution in [0.25, 0.3) is 21.7 Å². The van der Waals surface area contributed by atoms with Gasteiger partial charge in [0, 0.05) is 38.3 Å². The zero-order chi connectivity index (χ0) is 23.8. The maximum Gasteiger partial charge on any atom is 0.246 e. The summed E-state index contributed by atoms with van der Waals surface area (Å²) in [5.74, 6) is -0.905. The molecule has 3 aromatic heterocycles. The second-order valence-electron chi connectivity index (χ2n) is 8.69. The van der Waals surface area contributed by atoms with Gasteiger partial charge in [-0.2, -0.15) is 4.98 Å². The number of piperazine rings is 1. The molecule has 4 heterocycles. The van der Waals surface area contributed by atoms with E-state index in [2.05, 4.69) is 20.0 Å². The lowest BCUT2D eigenvalue weighted by molar-refractivity contribution is -0.137. The number of rotatable bonds is 6. The normalized spacial score (nSPS) is 16.0. The molecule has 178 valence electrons. The molecule has 34 heavy (non-hydrogen) atoms. The molecular formula is C23H24F2N6O2S. The van der Waals surface area contributed by atoms with E-state index in [9.17, 15) is 13.6 Å². The summed E-state index contributed by atoms with van der Waals surface area (Å²) < 4.78 is 34.6. The molecule has 0 N–H and O–H groups in total. The van der Waals surface area contributed by atoms with E-state index in [1.807, 2.05) is 36.3 Å². The lowest BCUT2D eigenvalue weighted by Gasteiger charge is -2.37. The molecule has 1 aromatic carbocycles. The monoisotopic (exact) mass is 486 g/mol. The van der Waals surface area contributed by atoms with Crippen LogP contribution in [0.2, 0.25) is 0 Å². The van der Waals surface area contributed by atoms with Gasteiger partial charge in [0.25, 0.3) is 0 Å². The van der Waals surface area contributed by atoms with E-state index in [-0.39, 0.29) is 11.8 Å². The van der Waals surface area contributed by atoms with Gasteiger partial charge in [0.05, 0.1) is 28.8 Å². The molecule has 1 fully saturated rings. The minimum Gasteiger partial charge on any atom is -0.338 e. The Kier molecular flexibility index (Phi) is 6.13. The number of imidazole rings is 1. The number of halogens is 2. The third kappa shape index (κ3) is 4.32. The van der Waals surface area contributed by atoms with Crippen molar-refractivity contribution in [1.29, 1.82) is 0 Å². The summed E-state index contributed by atoms with van der Waals surface area (Å²) in [6.07, 6.45) is 1.49. The topological polar surface area (TPSA) is 80.3 Å². The van der Waals surface area contributed by atoms with Crippen LogP contribution in [-0.4, -0.2) is 61.6 Å². The molecule has 11 heteroatoms. The number of hydrogen-bond donors (Lipinski definition) is 0. The Balaban J connectivity index is 1.26. The second kappa shape index (κ2) is 9.22. The quantitative estimate of drug-likeness (QED) is 0.410. The fourth-order valence-corrected chi connectivity index (χ4v) is 4.95. The average molecular weight is 487 g/mol. The van der Waals surface area contributed by atoms with Gasteiger partial charge in [-0.25, -0.2) is 13.8 Å².